The van der Waals surface area contributed by atoms with Crippen LogP contribution in [0.4, 0.5) is 11.4 Å². The van der Waals surface area contributed by atoms with Crippen molar-refractivity contribution in [2.24, 2.45) is 5.10 Å². The van der Waals surface area contributed by atoms with Crippen LogP contribution in [0.2, 0.25) is 5.02 Å². The van der Waals surface area contributed by atoms with Crippen molar-refractivity contribution in [1.29, 1.82) is 0 Å². The molecule has 2 aromatic rings. The average Bonchev–Trinajstić information content (AvgIpc) is 3.09. The summed E-state index contributed by atoms with van der Waals surface area (Å²) >= 11 is 6.19. The Hall–Kier alpha value is -3.19. The van der Waals surface area contributed by atoms with Gasteiger partial charge in [0.1, 0.15) is 11.8 Å². The topological polar surface area (TPSA) is 82.1 Å². The van der Waals surface area contributed by atoms with Gasteiger partial charge in [-0.05, 0) is 30.7 Å². The number of para-hydroxylation sites is 2. The van der Waals surface area contributed by atoms with Crippen molar-refractivity contribution in [2.75, 3.05) is 16.5 Å². The Morgan fingerprint density at radius 2 is 1.76 bits per heavy atom. The second kappa shape index (κ2) is 8.05. The van der Waals surface area contributed by atoms with E-state index in [9.17, 15) is 14.4 Å². The lowest BCUT2D eigenvalue weighted by atomic mass is 10.1. The smallest absolute Gasteiger partial charge is 0.268 e. The first-order valence-corrected chi connectivity index (χ1v) is 9.74. The van der Waals surface area contributed by atoms with E-state index in [0.717, 1.165) is 0 Å². The molecule has 2 aliphatic rings. The largest absolute Gasteiger partial charge is 0.339 e. The van der Waals surface area contributed by atoms with Crippen molar-refractivity contribution >= 4 is 46.4 Å². The number of hydrogen-bond donors (Lipinski definition) is 1. The number of hydrogen-bond acceptors (Lipinski definition) is 4. The molecule has 8 heteroatoms. The van der Waals surface area contributed by atoms with E-state index in [-0.39, 0.29) is 30.4 Å². The van der Waals surface area contributed by atoms with Crippen molar-refractivity contribution < 1.29 is 14.4 Å². The van der Waals surface area contributed by atoms with Gasteiger partial charge in [0, 0.05) is 19.4 Å². The SMILES string of the molecule is O=C(NC1CCN(c2ccccc2Cl)C1=O)C1=NN(c2ccccc2)C(=O)CC1. The number of amides is 3. The first-order valence-electron chi connectivity index (χ1n) is 9.37. The molecular weight excluding hydrogens is 392 g/mol. The molecule has 29 heavy (non-hydrogen) atoms. The van der Waals surface area contributed by atoms with Crippen LogP contribution in [0.1, 0.15) is 19.3 Å². The van der Waals surface area contributed by atoms with Crippen molar-refractivity contribution in [1.82, 2.24) is 5.32 Å². The Morgan fingerprint density at radius 1 is 1.03 bits per heavy atom. The second-order valence-electron chi connectivity index (χ2n) is 6.84. The molecule has 1 unspecified atom stereocenters. The Bertz CT molecular complexity index is 992. The number of nitrogens with one attached hydrogen (secondary N) is 1. The Labute approximate surface area is 172 Å². The first kappa shape index (κ1) is 19.1. The summed E-state index contributed by atoms with van der Waals surface area (Å²) in [6.07, 6.45) is 0.902. The molecule has 2 aliphatic heterocycles. The fourth-order valence-corrected chi connectivity index (χ4v) is 3.69. The molecule has 0 saturated carbocycles. The molecule has 1 fully saturated rings. The zero-order valence-electron chi connectivity index (χ0n) is 15.5. The Balaban J connectivity index is 1.47. The maximum absolute atomic E-state index is 12.8. The summed E-state index contributed by atoms with van der Waals surface area (Å²) in [5.74, 6) is -0.814. The van der Waals surface area contributed by atoms with Crippen LogP contribution in [0.5, 0.6) is 0 Å². The van der Waals surface area contributed by atoms with Crippen LogP contribution in [-0.2, 0) is 14.4 Å². The molecule has 1 N–H and O–H groups in total. The van der Waals surface area contributed by atoms with Crippen molar-refractivity contribution in [2.45, 2.75) is 25.3 Å². The number of carbonyl (C=O) groups is 3. The maximum Gasteiger partial charge on any atom is 0.268 e. The van der Waals surface area contributed by atoms with E-state index in [0.29, 0.717) is 29.4 Å². The Kier molecular flexibility index (Phi) is 5.31. The second-order valence-corrected chi connectivity index (χ2v) is 7.25. The van der Waals surface area contributed by atoms with E-state index in [4.69, 9.17) is 11.6 Å². The van der Waals surface area contributed by atoms with E-state index in [1.54, 1.807) is 47.4 Å². The third kappa shape index (κ3) is 3.86. The fourth-order valence-electron chi connectivity index (χ4n) is 3.45. The standard InChI is InChI=1S/C21H19ClN4O3/c22-15-8-4-5-9-18(15)25-13-12-17(21(25)29)23-20(28)16-10-11-19(27)26(24-16)14-6-2-1-3-7-14/h1-9,17H,10-13H2,(H,23,28). The summed E-state index contributed by atoms with van der Waals surface area (Å²) in [6.45, 7) is 0.467. The minimum Gasteiger partial charge on any atom is -0.339 e. The van der Waals surface area contributed by atoms with Crippen LogP contribution >= 0.6 is 11.6 Å². The van der Waals surface area contributed by atoms with Crippen LogP contribution in [-0.4, -0.2) is 36.0 Å². The summed E-state index contributed by atoms with van der Waals surface area (Å²) < 4.78 is 0. The van der Waals surface area contributed by atoms with Crippen LogP contribution in [0, 0.1) is 0 Å². The minimum atomic E-state index is -0.649. The van der Waals surface area contributed by atoms with Crippen molar-refractivity contribution in [3.63, 3.8) is 0 Å². The zero-order chi connectivity index (χ0) is 20.4. The minimum absolute atomic E-state index is 0.172. The Morgan fingerprint density at radius 3 is 2.52 bits per heavy atom. The van der Waals surface area contributed by atoms with E-state index in [2.05, 4.69) is 10.4 Å². The number of halogens is 1. The van der Waals surface area contributed by atoms with Gasteiger partial charge in [0.2, 0.25) is 11.8 Å². The van der Waals surface area contributed by atoms with Gasteiger partial charge in [0.25, 0.3) is 5.91 Å². The van der Waals surface area contributed by atoms with Gasteiger partial charge in [0.15, 0.2) is 0 Å². The van der Waals surface area contributed by atoms with Gasteiger partial charge in [-0.1, -0.05) is 41.9 Å². The number of nitrogens with zero attached hydrogens (tertiary/aromatic N) is 3. The van der Waals surface area contributed by atoms with Crippen LogP contribution < -0.4 is 15.2 Å². The molecule has 0 aliphatic carbocycles. The lowest BCUT2D eigenvalue weighted by Gasteiger charge is -2.23. The van der Waals surface area contributed by atoms with E-state index in [1.807, 2.05) is 12.1 Å². The molecule has 0 aromatic heterocycles. The van der Waals surface area contributed by atoms with E-state index >= 15 is 0 Å². The fraction of sp³-hybridized carbons (Fsp3) is 0.238. The number of hydrazone groups is 1. The third-order valence-corrected chi connectivity index (χ3v) is 5.27. The molecule has 148 valence electrons. The number of rotatable bonds is 4. The number of carbonyl (C=O) groups excluding carboxylic acids is 3. The third-order valence-electron chi connectivity index (χ3n) is 4.95. The van der Waals surface area contributed by atoms with Gasteiger partial charge in [-0.15, -0.1) is 0 Å². The first-order chi connectivity index (χ1) is 14.0. The average molecular weight is 411 g/mol. The van der Waals surface area contributed by atoms with Gasteiger partial charge in [-0.25, -0.2) is 5.01 Å². The lowest BCUT2D eigenvalue weighted by molar-refractivity contribution is -0.123. The van der Waals surface area contributed by atoms with Gasteiger partial charge < -0.3 is 10.2 Å². The lowest BCUT2D eigenvalue weighted by Crippen LogP contribution is -2.46. The highest BCUT2D eigenvalue weighted by Gasteiger charge is 2.36. The molecule has 0 bridgehead atoms. The van der Waals surface area contributed by atoms with Crippen LogP contribution in [0.25, 0.3) is 0 Å². The van der Waals surface area contributed by atoms with Crippen molar-refractivity contribution in [3.05, 3.63) is 59.6 Å². The summed E-state index contributed by atoms with van der Waals surface area (Å²) in [4.78, 5) is 39.3. The molecule has 0 spiro atoms. The molecule has 1 saturated heterocycles. The van der Waals surface area contributed by atoms with Gasteiger partial charge in [0.05, 0.1) is 16.4 Å². The molecule has 2 aromatic carbocycles. The summed E-state index contributed by atoms with van der Waals surface area (Å²) in [6, 6.07) is 15.4. The summed E-state index contributed by atoms with van der Waals surface area (Å²) in [5.41, 5.74) is 1.47. The summed E-state index contributed by atoms with van der Waals surface area (Å²) in [7, 11) is 0. The predicted octanol–water partition coefficient (Wildman–Crippen LogP) is 2.74. The van der Waals surface area contributed by atoms with Gasteiger partial charge in [-0.2, -0.15) is 5.10 Å². The van der Waals surface area contributed by atoms with E-state index < -0.39 is 11.9 Å². The quantitative estimate of drug-likeness (QED) is 0.841. The van der Waals surface area contributed by atoms with Gasteiger partial charge in [-0.3, -0.25) is 14.4 Å². The van der Waals surface area contributed by atoms with Crippen LogP contribution in [0.15, 0.2) is 59.7 Å². The molecule has 1 atom stereocenters. The number of benzene rings is 2. The molecule has 2 heterocycles. The van der Waals surface area contributed by atoms with Crippen LogP contribution in [0.3, 0.4) is 0 Å². The molecular formula is C21H19ClN4O3. The molecule has 0 radical (unpaired) electrons. The highest BCUT2D eigenvalue weighted by molar-refractivity contribution is 6.40. The summed E-state index contributed by atoms with van der Waals surface area (Å²) in [5, 5.41) is 8.72. The van der Waals surface area contributed by atoms with E-state index in [1.165, 1.54) is 5.01 Å². The molecule has 3 amide bonds. The van der Waals surface area contributed by atoms with Gasteiger partial charge >= 0.3 is 0 Å². The normalized spacial score (nSPS) is 19.3. The predicted molar refractivity (Wildman–Crippen MR) is 111 cm³/mol. The number of anilines is 2. The zero-order valence-corrected chi connectivity index (χ0v) is 16.3. The molecule has 4 rings (SSSR count). The maximum atomic E-state index is 12.8. The highest BCUT2D eigenvalue weighted by atomic mass is 35.5. The van der Waals surface area contributed by atoms with Crippen molar-refractivity contribution in [3.8, 4) is 0 Å². The highest BCUT2D eigenvalue weighted by Crippen LogP contribution is 2.29. The molecule has 7 nitrogen and oxygen atoms in total. The monoisotopic (exact) mass is 410 g/mol.